The number of nitrogens with two attached hydrogens (primary N) is 1. The van der Waals surface area contributed by atoms with Crippen LogP contribution in [0, 0.1) is 5.92 Å². The van der Waals surface area contributed by atoms with Crippen molar-refractivity contribution in [2.75, 3.05) is 0 Å². The highest BCUT2D eigenvalue weighted by atomic mass is 35.5. The van der Waals surface area contributed by atoms with Crippen molar-refractivity contribution in [3.05, 3.63) is 16.6 Å². The van der Waals surface area contributed by atoms with Gasteiger partial charge in [-0.05, 0) is 12.8 Å². The summed E-state index contributed by atoms with van der Waals surface area (Å²) in [5, 5.41) is 5.73. The Morgan fingerprint density at radius 2 is 2.29 bits per heavy atom. The molecule has 1 heterocycles. The number of thiazole rings is 1. The molecule has 0 aliphatic heterocycles. The number of rotatable bonds is 3. The number of nitrogens with zero attached hydrogens (tertiary/aromatic N) is 1. The molecule has 4 nitrogen and oxygen atoms in total. The monoisotopic (exact) mass is 297 g/mol. The third kappa shape index (κ3) is 4.43. The van der Waals surface area contributed by atoms with Gasteiger partial charge in [0.25, 0.3) is 0 Å². The number of carbonyl (C=O) groups is 1. The SMILES string of the molecule is Cl.Cl.NC1CCCC1C(=O)NCc1nccs1. The van der Waals surface area contributed by atoms with Crippen LogP contribution in [0.15, 0.2) is 11.6 Å². The number of halogens is 2. The van der Waals surface area contributed by atoms with E-state index in [0.29, 0.717) is 6.54 Å². The Morgan fingerprint density at radius 3 is 2.82 bits per heavy atom. The molecule has 1 aromatic rings. The fourth-order valence-corrected chi connectivity index (χ4v) is 2.50. The van der Waals surface area contributed by atoms with Gasteiger partial charge in [0.1, 0.15) is 5.01 Å². The van der Waals surface area contributed by atoms with Gasteiger partial charge in [0.15, 0.2) is 0 Å². The highest BCUT2D eigenvalue weighted by Gasteiger charge is 2.29. The normalized spacial score (nSPS) is 22.4. The molecular weight excluding hydrogens is 281 g/mol. The van der Waals surface area contributed by atoms with Gasteiger partial charge in [-0.1, -0.05) is 6.42 Å². The lowest BCUT2D eigenvalue weighted by molar-refractivity contribution is -0.125. The van der Waals surface area contributed by atoms with Crippen molar-refractivity contribution in [3.63, 3.8) is 0 Å². The smallest absolute Gasteiger partial charge is 0.225 e. The summed E-state index contributed by atoms with van der Waals surface area (Å²) in [4.78, 5) is 15.8. The summed E-state index contributed by atoms with van der Waals surface area (Å²) < 4.78 is 0. The van der Waals surface area contributed by atoms with Gasteiger partial charge in [-0.2, -0.15) is 0 Å². The molecule has 17 heavy (non-hydrogen) atoms. The molecule has 2 rings (SSSR count). The largest absolute Gasteiger partial charge is 0.349 e. The van der Waals surface area contributed by atoms with E-state index in [1.165, 1.54) is 0 Å². The number of hydrogen-bond acceptors (Lipinski definition) is 4. The van der Waals surface area contributed by atoms with E-state index in [1.807, 2.05) is 5.38 Å². The van der Waals surface area contributed by atoms with Gasteiger partial charge in [-0.3, -0.25) is 4.79 Å². The number of carbonyl (C=O) groups excluding carboxylic acids is 1. The summed E-state index contributed by atoms with van der Waals surface area (Å²) in [6, 6.07) is 0.0429. The van der Waals surface area contributed by atoms with Crippen LogP contribution in [-0.2, 0) is 11.3 Å². The highest BCUT2D eigenvalue weighted by Crippen LogP contribution is 2.24. The maximum absolute atomic E-state index is 11.7. The average Bonchev–Trinajstić information content (AvgIpc) is 2.84. The molecule has 1 aliphatic carbocycles. The second-order valence-corrected chi connectivity index (χ2v) is 4.82. The zero-order valence-corrected chi connectivity index (χ0v) is 11.7. The molecule has 0 aromatic carbocycles. The molecule has 98 valence electrons. The first-order chi connectivity index (χ1) is 7.27. The van der Waals surface area contributed by atoms with E-state index in [9.17, 15) is 4.79 Å². The molecule has 1 aliphatic rings. The van der Waals surface area contributed by atoms with Crippen LogP contribution in [0.4, 0.5) is 0 Å². The summed E-state index contributed by atoms with van der Waals surface area (Å²) in [5.74, 6) is 0.0835. The molecule has 2 atom stereocenters. The van der Waals surface area contributed by atoms with Crippen LogP contribution in [0.25, 0.3) is 0 Å². The van der Waals surface area contributed by atoms with Gasteiger partial charge < -0.3 is 11.1 Å². The third-order valence-corrected chi connectivity index (χ3v) is 3.58. The minimum Gasteiger partial charge on any atom is -0.349 e. The van der Waals surface area contributed by atoms with Crippen LogP contribution in [0.3, 0.4) is 0 Å². The summed E-state index contributed by atoms with van der Waals surface area (Å²) in [7, 11) is 0. The molecule has 1 amide bonds. The van der Waals surface area contributed by atoms with Crippen LogP contribution in [0.5, 0.6) is 0 Å². The highest BCUT2D eigenvalue weighted by molar-refractivity contribution is 7.09. The van der Waals surface area contributed by atoms with E-state index in [1.54, 1.807) is 17.5 Å². The molecule has 7 heteroatoms. The van der Waals surface area contributed by atoms with Gasteiger partial charge in [0, 0.05) is 17.6 Å². The maximum Gasteiger partial charge on any atom is 0.225 e. The Kier molecular flexibility index (Phi) is 7.70. The fourth-order valence-electron chi connectivity index (χ4n) is 1.95. The topological polar surface area (TPSA) is 68.0 Å². The molecule has 1 aromatic heterocycles. The van der Waals surface area contributed by atoms with Gasteiger partial charge in [0.2, 0.25) is 5.91 Å². The average molecular weight is 298 g/mol. The standard InChI is InChI=1S/C10H15N3OS.2ClH/c11-8-3-1-2-7(8)10(14)13-6-9-12-4-5-15-9;;/h4-5,7-8H,1-3,6,11H2,(H,13,14);2*1H. The van der Waals surface area contributed by atoms with E-state index in [-0.39, 0.29) is 42.7 Å². The molecular formula is C10H17Cl2N3OS. The predicted octanol–water partition coefficient (Wildman–Crippen LogP) is 1.73. The lowest BCUT2D eigenvalue weighted by Crippen LogP contribution is -2.38. The zero-order chi connectivity index (χ0) is 10.7. The van der Waals surface area contributed by atoms with E-state index in [4.69, 9.17) is 5.73 Å². The van der Waals surface area contributed by atoms with Crippen molar-refractivity contribution in [2.45, 2.75) is 31.8 Å². The quantitative estimate of drug-likeness (QED) is 0.893. The third-order valence-electron chi connectivity index (χ3n) is 2.80. The van der Waals surface area contributed by atoms with Crippen LogP contribution in [-0.4, -0.2) is 16.9 Å². The zero-order valence-electron chi connectivity index (χ0n) is 9.30. The second kappa shape index (κ2) is 7.87. The molecule has 0 bridgehead atoms. The minimum absolute atomic E-state index is 0. The van der Waals surface area contributed by atoms with E-state index in [0.717, 1.165) is 24.3 Å². The van der Waals surface area contributed by atoms with Gasteiger partial charge >= 0.3 is 0 Å². The lowest BCUT2D eigenvalue weighted by atomic mass is 10.0. The Morgan fingerprint density at radius 1 is 1.53 bits per heavy atom. The molecule has 0 spiro atoms. The van der Waals surface area contributed by atoms with E-state index >= 15 is 0 Å². The van der Waals surface area contributed by atoms with Gasteiger partial charge in [-0.15, -0.1) is 36.2 Å². The lowest BCUT2D eigenvalue weighted by Gasteiger charge is -2.14. The number of hydrogen-bond donors (Lipinski definition) is 2. The second-order valence-electron chi connectivity index (χ2n) is 3.84. The predicted molar refractivity (Wildman–Crippen MR) is 73.8 cm³/mol. The van der Waals surface area contributed by atoms with Crippen molar-refractivity contribution < 1.29 is 4.79 Å². The van der Waals surface area contributed by atoms with Crippen molar-refractivity contribution in [3.8, 4) is 0 Å². The maximum atomic E-state index is 11.7. The Hall–Kier alpha value is -0.360. The minimum atomic E-state index is 0. The molecule has 1 fully saturated rings. The van der Waals surface area contributed by atoms with Crippen molar-refractivity contribution >= 4 is 42.1 Å². The number of aromatic nitrogens is 1. The summed E-state index contributed by atoms with van der Waals surface area (Å²) in [6.45, 7) is 0.528. The first-order valence-corrected chi connectivity index (χ1v) is 6.07. The number of amides is 1. The molecule has 0 saturated heterocycles. The van der Waals surface area contributed by atoms with Gasteiger partial charge in [-0.25, -0.2) is 4.98 Å². The van der Waals surface area contributed by atoms with Crippen LogP contribution in [0.2, 0.25) is 0 Å². The Bertz CT molecular complexity index is 334. The summed E-state index contributed by atoms with van der Waals surface area (Å²) >= 11 is 1.55. The molecule has 3 N–H and O–H groups in total. The van der Waals surface area contributed by atoms with Crippen LogP contribution in [0.1, 0.15) is 24.3 Å². The fraction of sp³-hybridized carbons (Fsp3) is 0.600. The number of nitrogens with one attached hydrogen (secondary N) is 1. The van der Waals surface area contributed by atoms with E-state index in [2.05, 4.69) is 10.3 Å². The van der Waals surface area contributed by atoms with Crippen molar-refractivity contribution in [2.24, 2.45) is 11.7 Å². The van der Waals surface area contributed by atoms with Crippen LogP contribution < -0.4 is 11.1 Å². The van der Waals surface area contributed by atoms with Crippen molar-refractivity contribution in [1.29, 1.82) is 0 Å². The molecule has 2 unspecified atom stereocenters. The first kappa shape index (κ1) is 16.6. The molecule has 0 radical (unpaired) electrons. The molecule has 1 saturated carbocycles. The first-order valence-electron chi connectivity index (χ1n) is 5.19. The summed E-state index contributed by atoms with van der Waals surface area (Å²) in [5.41, 5.74) is 5.85. The van der Waals surface area contributed by atoms with Crippen LogP contribution >= 0.6 is 36.2 Å². The Balaban J connectivity index is 0.00000128. The van der Waals surface area contributed by atoms with E-state index < -0.39 is 0 Å². The Labute approximate surface area is 117 Å². The van der Waals surface area contributed by atoms with Gasteiger partial charge in [0.05, 0.1) is 12.5 Å². The summed E-state index contributed by atoms with van der Waals surface area (Å²) in [6.07, 6.45) is 4.70. The van der Waals surface area contributed by atoms with Crippen molar-refractivity contribution in [1.82, 2.24) is 10.3 Å².